The number of hydrogen-bond acceptors (Lipinski definition) is 3. The fourth-order valence-electron chi connectivity index (χ4n) is 6.42. The molecule has 2 heterocycles. The topological polar surface area (TPSA) is 40.6 Å². The van der Waals surface area contributed by atoms with Gasteiger partial charge in [0.1, 0.15) is 0 Å². The Balaban J connectivity index is 1.38. The molecule has 2 aromatic rings. The number of sulfonamides is 1. The molecule has 0 unspecified atom stereocenters. The fourth-order valence-corrected chi connectivity index (χ4v) is 8.36. The summed E-state index contributed by atoms with van der Waals surface area (Å²) in [6.45, 7) is 11.9. The number of hydrogen-bond donors (Lipinski definition) is 0. The first-order valence-corrected chi connectivity index (χ1v) is 15.2. The molecule has 4 nitrogen and oxygen atoms in total. The SMILES string of the molecule is CCC(CC)c1cc(C)cc(C)c1S(=O)(=O)N1CCC(N2CCC(Cc3ccccc3)CC2)CC1. The fraction of sp³-hybridized carbons (Fsp3) is 0.600. The van der Waals surface area contributed by atoms with Crippen molar-refractivity contribution in [3.63, 3.8) is 0 Å². The highest BCUT2D eigenvalue weighted by Crippen LogP contribution is 2.35. The minimum atomic E-state index is -3.49. The molecule has 2 saturated heterocycles. The Morgan fingerprint density at radius 1 is 0.886 bits per heavy atom. The van der Waals surface area contributed by atoms with Crippen molar-refractivity contribution in [3.05, 3.63) is 64.7 Å². The number of aryl methyl sites for hydroxylation is 2. The first-order chi connectivity index (χ1) is 16.8. The second-order valence-electron chi connectivity index (χ2n) is 10.8. The zero-order valence-corrected chi connectivity index (χ0v) is 23.0. The van der Waals surface area contributed by atoms with Gasteiger partial charge in [-0.3, -0.25) is 0 Å². The van der Waals surface area contributed by atoms with Crippen LogP contribution in [0.5, 0.6) is 0 Å². The van der Waals surface area contributed by atoms with Crippen LogP contribution in [0.2, 0.25) is 0 Å². The first-order valence-electron chi connectivity index (χ1n) is 13.7. The van der Waals surface area contributed by atoms with Crippen LogP contribution in [0.25, 0.3) is 0 Å². The van der Waals surface area contributed by atoms with Crippen LogP contribution >= 0.6 is 0 Å². The van der Waals surface area contributed by atoms with Gasteiger partial charge in [0, 0.05) is 19.1 Å². The summed E-state index contributed by atoms with van der Waals surface area (Å²) in [5.74, 6) is 1.05. The number of piperidine rings is 2. The predicted octanol–water partition coefficient (Wildman–Crippen LogP) is 6.31. The quantitative estimate of drug-likeness (QED) is 0.430. The van der Waals surface area contributed by atoms with E-state index in [1.165, 1.54) is 24.8 Å². The summed E-state index contributed by atoms with van der Waals surface area (Å²) in [6.07, 6.45) is 7.47. The van der Waals surface area contributed by atoms with Crippen molar-refractivity contribution < 1.29 is 8.42 Å². The van der Waals surface area contributed by atoms with Crippen molar-refractivity contribution in [1.29, 1.82) is 0 Å². The lowest BCUT2D eigenvalue weighted by atomic mass is 9.89. The second-order valence-corrected chi connectivity index (χ2v) is 12.7. The molecule has 5 heteroatoms. The molecular weight excluding hydrogens is 452 g/mol. The van der Waals surface area contributed by atoms with Gasteiger partial charge < -0.3 is 4.90 Å². The van der Waals surface area contributed by atoms with E-state index in [9.17, 15) is 8.42 Å². The summed E-state index contributed by atoms with van der Waals surface area (Å²) >= 11 is 0. The maximum Gasteiger partial charge on any atom is 0.243 e. The van der Waals surface area contributed by atoms with Crippen molar-refractivity contribution in [1.82, 2.24) is 9.21 Å². The summed E-state index contributed by atoms with van der Waals surface area (Å²) in [7, 11) is -3.49. The van der Waals surface area contributed by atoms with Crippen LogP contribution in [0.4, 0.5) is 0 Å². The van der Waals surface area contributed by atoms with E-state index < -0.39 is 10.0 Å². The maximum absolute atomic E-state index is 13.9. The smallest absolute Gasteiger partial charge is 0.243 e. The molecule has 4 rings (SSSR count). The Morgan fingerprint density at radius 3 is 2.11 bits per heavy atom. The minimum absolute atomic E-state index is 0.285. The van der Waals surface area contributed by atoms with Gasteiger partial charge in [-0.1, -0.05) is 61.9 Å². The normalized spacial score (nSPS) is 19.5. The van der Waals surface area contributed by atoms with E-state index >= 15 is 0 Å². The Labute approximate surface area is 213 Å². The van der Waals surface area contributed by atoms with Crippen LogP contribution in [0.1, 0.15) is 80.5 Å². The van der Waals surface area contributed by atoms with Gasteiger partial charge in [-0.25, -0.2) is 8.42 Å². The highest BCUT2D eigenvalue weighted by atomic mass is 32.2. The van der Waals surface area contributed by atoms with E-state index in [0.717, 1.165) is 61.4 Å². The van der Waals surface area contributed by atoms with Crippen LogP contribution in [-0.4, -0.2) is 49.8 Å². The molecule has 2 aliphatic heterocycles. The monoisotopic (exact) mass is 496 g/mol. The van der Waals surface area contributed by atoms with Crippen molar-refractivity contribution in [3.8, 4) is 0 Å². The Hall–Kier alpha value is -1.69. The highest BCUT2D eigenvalue weighted by molar-refractivity contribution is 7.89. The van der Waals surface area contributed by atoms with Gasteiger partial charge in [-0.2, -0.15) is 4.31 Å². The molecule has 0 atom stereocenters. The van der Waals surface area contributed by atoms with Crippen LogP contribution in [0.3, 0.4) is 0 Å². The molecular formula is C30H44N2O2S. The van der Waals surface area contributed by atoms with Gasteiger partial charge in [-0.05, 0) is 100 Å². The number of nitrogens with zero attached hydrogens (tertiary/aromatic N) is 2. The van der Waals surface area contributed by atoms with Crippen molar-refractivity contribution in [2.75, 3.05) is 26.2 Å². The van der Waals surface area contributed by atoms with E-state index in [1.807, 2.05) is 13.0 Å². The Bertz CT molecular complexity index is 1060. The lowest BCUT2D eigenvalue weighted by molar-refractivity contribution is 0.0970. The molecule has 0 N–H and O–H groups in total. The third-order valence-corrected chi connectivity index (χ3v) is 10.5. The molecule has 0 aliphatic carbocycles. The molecule has 2 aromatic carbocycles. The van der Waals surface area contributed by atoms with Gasteiger partial charge in [0.05, 0.1) is 4.90 Å². The van der Waals surface area contributed by atoms with Crippen molar-refractivity contribution >= 4 is 10.0 Å². The Morgan fingerprint density at radius 2 is 1.51 bits per heavy atom. The average Bonchev–Trinajstić information content (AvgIpc) is 2.85. The summed E-state index contributed by atoms with van der Waals surface area (Å²) in [5, 5.41) is 0. The molecule has 0 amide bonds. The third-order valence-electron chi connectivity index (χ3n) is 8.43. The molecule has 35 heavy (non-hydrogen) atoms. The standard InChI is InChI=1S/C30H44N2O2S/c1-5-27(6-2)29-21-23(3)20-24(4)30(29)35(33,34)32-18-14-28(15-19-32)31-16-12-26(13-17-31)22-25-10-8-7-9-11-25/h7-11,20-21,26-28H,5-6,12-19,22H2,1-4H3. The summed E-state index contributed by atoms with van der Waals surface area (Å²) < 4.78 is 29.5. The molecule has 2 fully saturated rings. The molecule has 192 valence electrons. The van der Waals surface area contributed by atoms with Crippen molar-refractivity contribution in [2.24, 2.45) is 5.92 Å². The van der Waals surface area contributed by atoms with Gasteiger partial charge >= 0.3 is 0 Å². The lowest BCUT2D eigenvalue weighted by Crippen LogP contribution is -2.49. The lowest BCUT2D eigenvalue weighted by Gasteiger charge is -2.41. The average molecular weight is 497 g/mol. The third kappa shape index (κ3) is 6.00. The molecule has 0 saturated carbocycles. The van der Waals surface area contributed by atoms with Crippen LogP contribution in [0.15, 0.2) is 47.4 Å². The van der Waals surface area contributed by atoms with E-state index in [2.05, 4.69) is 62.1 Å². The van der Waals surface area contributed by atoms with Gasteiger partial charge in [0.25, 0.3) is 0 Å². The van der Waals surface area contributed by atoms with E-state index in [4.69, 9.17) is 0 Å². The largest absolute Gasteiger partial charge is 0.300 e. The van der Waals surface area contributed by atoms with Gasteiger partial charge in [0.2, 0.25) is 10.0 Å². The van der Waals surface area contributed by atoms with E-state index in [-0.39, 0.29) is 5.92 Å². The predicted molar refractivity (Wildman–Crippen MR) is 145 cm³/mol. The van der Waals surface area contributed by atoms with Gasteiger partial charge in [0.15, 0.2) is 0 Å². The number of likely N-dealkylation sites (tertiary alicyclic amines) is 1. The number of rotatable bonds is 8. The van der Waals surface area contributed by atoms with Crippen LogP contribution in [-0.2, 0) is 16.4 Å². The molecule has 0 spiro atoms. The zero-order chi connectivity index (χ0) is 25.0. The second kappa shape index (κ2) is 11.6. The highest BCUT2D eigenvalue weighted by Gasteiger charge is 2.35. The van der Waals surface area contributed by atoms with Gasteiger partial charge in [-0.15, -0.1) is 0 Å². The summed E-state index contributed by atoms with van der Waals surface area (Å²) in [4.78, 5) is 3.22. The van der Waals surface area contributed by atoms with E-state index in [0.29, 0.717) is 24.0 Å². The number of benzene rings is 2. The summed E-state index contributed by atoms with van der Waals surface area (Å²) in [6, 6.07) is 15.5. The first kappa shape index (κ1) is 26.4. The van der Waals surface area contributed by atoms with Crippen molar-refractivity contribution in [2.45, 2.75) is 89.5 Å². The Kier molecular flexibility index (Phi) is 8.72. The molecule has 0 aromatic heterocycles. The summed E-state index contributed by atoms with van der Waals surface area (Å²) in [5.41, 5.74) is 4.52. The van der Waals surface area contributed by atoms with Crippen LogP contribution < -0.4 is 0 Å². The van der Waals surface area contributed by atoms with Crippen LogP contribution in [0, 0.1) is 19.8 Å². The molecule has 0 radical (unpaired) electrons. The van der Waals surface area contributed by atoms with E-state index in [1.54, 1.807) is 4.31 Å². The minimum Gasteiger partial charge on any atom is -0.300 e. The zero-order valence-electron chi connectivity index (χ0n) is 22.2. The molecule has 0 bridgehead atoms. The maximum atomic E-state index is 13.9. The molecule has 2 aliphatic rings.